The Kier molecular flexibility index (Phi) is 7.06. The lowest BCUT2D eigenvalue weighted by molar-refractivity contribution is 0.0600. The number of carbonyl (C=O) groups excluding carboxylic acids is 2. The number of hydrogen-bond acceptors (Lipinski definition) is 5. The number of ether oxygens (including phenoxy) is 1. The van der Waals surface area contributed by atoms with Crippen LogP contribution in [-0.2, 0) is 21.3 Å². The number of sulfonamides is 1. The molecule has 0 aliphatic carbocycles. The molecule has 0 radical (unpaired) electrons. The van der Waals surface area contributed by atoms with Gasteiger partial charge in [-0.15, -0.1) is 0 Å². The van der Waals surface area contributed by atoms with E-state index in [1.165, 1.54) is 37.4 Å². The normalized spacial score (nSPS) is 11.0. The third-order valence-electron chi connectivity index (χ3n) is 4.36. The Morgan fingerprint density at radius 2 is 1.58 bits per heavy atom. The van der Waals surface area contributed by atoms with E-state index in [1.807, 2.05) is 6.07 Å². The molecule has 0 spiro atoms. The van der Waals surface area contributed by atoms with E-state index in [-0.39, 0.29) is 22.0 Å². The van der Waals surface area contributed by atoms with Crippen molar-refractivity contribution in [3.63, 3.8) is 0 Å². The van der Waals surface area contributed by atoms with E-state index in [0.717, 1.165) is 5.56 Å². The predicted molar refractivity (Wildman–Crippen MR) is 118 cm³/mol. The van der Waals surface area contributed by atoms with E-state index in [1.54, 1.807) is 36.4 Å². The fourth-order valence-electron chi connectivity index (χ4n) is 2.71. The van der Waals surface area contributed by atoms with Crippen molar-refractivity contribution < 1.29 is 22.7 Å². The van der Waals surface area contributed by atoms with Gasteiger partial charge in [-0.1, -0.05) is 41.9 Å². The third kappa shape index (κ3) is 5.69. The first kappa shape index (κ1) is 22.5. The molecule has 160 valence electrons. The maximum Gasteiger partial charge on any atom is 0.337 e. The van der Waals surface area contributed by atoms with Crippen molar-refractivity contribution in [3.8, 4) is 0 Å². The number of halogens is 1. The summed E-state index contributed by atoms with van der Waals surface area (Å²) in [5.74, 6) is -1.02. The van der Waals surface area contributed by atoms with Crippen LogP contribution in [0.5, 0.6) is 0 Å². The van der Waals surface area contributed by atoms with Gasteiger partial charge < -0.3 is 10.1 Å². The first-order chi connectivity index (χ1) is 14.8. The molecule has 2 N–H and O–H groups in total. The monoisotopic (exact) mass is 458 g/mol. The summed E-state index contributed by atoms with van der Waals surface area (Å²) in [5, 5.41) is 2.65. The van der Waals surface area contributed by atoms with Gasteiger partial charge in [-0.2, -0.15) is 0 Å². The molecule has 0 saturated heterocycles. The topological polar surface area (TPSA) is 102 Å². The van der Waals surface area contributed by atoms with Gasteiger partial charge in [-0.25, -0.2) is 17.9 Å². The average Bonchev–Trinajstić information content (AvgIpc) is 2.78. The van der Waals surface area contributed by atoms with Crippen LogP contribution in [0, 0.1) is 0 Å². The van der Waals surface area contributed by atoms with Crippen LogP contribution < -0.4 is 10.0 Å². The maximum atomic E-state index is 12.7. The SMILES string of the molecule is COC(=O)c1ccc(NC(=O)c2ccc(Cl)c(S(=O)(=O)NCc3ccccc3)c2)cc1. The van der Waals surface area contributed by atoms with Crippen LogP contribution in [0.1, 0.15) is 26.3 Å². The van der Waals surface area contributed by atoms with Crippen molar-refractivity contribution in [2.24, 2.45) is 0 Å². The highest BCUT2D eigenvalue weighted by Crippen LogP contribution is 2.23. The molecular formula is C22H19ClN2O5S. The summed E-state index contributed by atoms with van der Waals surface area (Å²) in [4.78, 5) is 23.9. The summed E-state index contributed by atoms with van der Waals surface area (Å²) in [6.45, 7) is 0.0858. The van der Waals surface area contributed by atoms with Gasteiger partial charge in [0.25, 0.3) is 5.91 Å². The molecule has 0 bridgehead atoms. The lowest BCUT2D eigenvalue weighted by Crippen LogP contribution is -2.24. The molecule has 7 nitrogen and oxygen atoms in total. The third-order valence-corrected chi connectivity index (χ3v) is 6.24. The molecule has 31 heavy (non-hydrogen) atoms. The molecule has 0 saturated carbocycles. The zero-order chi connectivity index (χ0) is 22.4. The number of esters is 1. The number of benzene rings is 3. The summed E-state index contributed by atoms with van der Waals surface area (Å²) in [6.07, 6.45) is 0. The molecule has 3 rings (SSSR count). The standard InChI is InChI=1S/C22H19ClN2O5S/c1-30-22(27)16-7-10-18(11-8-16)25-21(26)17-9-12-19(23)20(13-17)31(28,29)24-14-15-5-3-2-4-6-15/h2-13,24H,14H2,1H3,(H,25,26). The van der Waals surface area contributed by atoms with Gasteiger partial charge in [0.1, 0.15) is 4.90 Å². The van der Waals surface area contributed by atoms with E-state index >= 15 is 0 Å². The van der Waals surface area contributed by atoms with Crippen molar-refractivity contribution in [3.05, 3.63) is 94.5 Å². The minimum atomic E-state index is -3.95. The number of hydrogen-bond donors (Lipinski definition) is 2. The van der Waals surface area contributed by atoms with Gasteiger partial charge >= 0.3 is 5.97 Å². The lowest BCUT2D eigenvalue weighted by atomic mass is 10.2. The molecule has 0 aromatic heterocycles. The maximum absolute atomic E-state index is 12.7. The molecule has 3 aromatic rings. The van der Waals surface area contributed by atoms with Gasteiger partial charge in [0.2, 0.25) is 10.0 Å². The highest BCUT2D eigenvalue weighted by Gasteiger charge is 2.20. The van der Waals surface area contributed by atoms with Gasteiger partial charge in [0.15, 0.2) is 0 Å². The summed E-state index contributed by atoms with van der Waals surface area (Å²) >= 11 is 6.09. The fourth-order valence-corrected chi connectivity index (χ4v) is 4.25. The van der Waals surface area contributed by atoms with Crippen molar-refractivity contribution in [2.75, 3.05) is 12.4 Å². The zero-order valence-electron chi connectivity index (χ0n) is 16.5. The van der Waals surface area contributed by atoms with Crippen molar-refractivity contribution in [1.29, 1.82) is 0 Å². The summed E-state index contributed by atoms with van der Waals surface area (Å²) in [6, 6.07) is 19.1. The second kappa shape index (κ2) is 9.74. The molecular weight excluding hydrogens is 440 g/mol. The smallest absolute Gasteiger partial charge is 0.337 e. The zero-order valence-corrected chi connectivity index (χ0v) is 18.0. The van der Waals surface area contributed by atoms with Crippen LogP contribution in [0.25, 0.3) is 0 Å². The van der Waals surface area contributed by atoms with E-state index in [4.69, 9.17) is 11.6 Å². The van der Waals surface area contributed by atoms with E-state index < -0.39 is 21.9 Å². The Balaban J connectivity index is 1.76. The average molecular weight is 459 g/mol. The molecule has 1 amide bonds. The van der Waals surface area contributed by atoms with E-state index in [0.29, 0.717) is 11.3 Å². The van der Waals surface area contributed by atoms with Gasteiger partial charge in [-0.05, 0) is 48.0 Å². The fraction of sp³-hybridized carbons (Fsp3) is 0.0909. The first-order valence-electron chi connectivity index (χ1n) is 9.13. The number of nitrogens with one attached hydrogen (secondary N) is 2. The molecule has 0 heterocycles. The van der Waals surface area contributed by atoms with Gasteiger partial charge in [0, 0.05) is 17.8 Å². The number of carbonyl (C=O) groups is 2. The van der Waals surface area contributed by atoms with Crippen LogP contribution in [0.3, 0.4) is 0 Å². The summed E-state index contributed by atoms with van der Waals surface area (Å²) < 4.78 is 32.5. The van der Waals surface area contributed by atoms with Gasteiger partial charge in [-0.3, -0.25) is 4.79 Å². The van der Waals surface area contributed by atoms with Crippen LogP contribution in [0.4, 0.5) is 5.69 Å². The Morgan fingerprint density at radius 1 is 0.935 bits per heavy atom. The highest BCUT2D eigenvalue weighted by atomic mass is 35.5. The Hall–Kier alpha value is -3.20. The molecule has 0 aliphatic heterocycles. The van der Waals surface area contributed by atoms with Crippen molar-refractivity contribution in [2.45, 2.75) is 11.4 Å². The van der Waals surface area contributed by atoms with Crippen molar-refractivity contribution in [1.82, 2.24) is 4.72 Å². The number of amides is 1. The molecule has 0 aliphatic rings. The molecule has 0 fully saturated rings. The number of methoxy groups -OCH3 is 1. The Morgan fingerprint density at radius 3 is 2.23 bits per heavy atom. The summed E-state index contributed by atoms with van der Waals surface area (Å²) in [5.41, 5.74) is 1.66. The molecule has 9 heteroatoms. The second-order valence-corrected chi connectivity index (χ2v) is 8.62. The quantitative estimate of drug-likeness (QED) is 0.523. The van der Waals surface area contributed by atoms with Gasteiger partial charge in [0.05, 0.1) is 17.7 Å². The van der Waals surface area contributed by atoms with Crippen molar-refractivity contribution >= 4 is 39.2 Å². The van der Waals surface area contributed by atoms with E-state index in [2.05, 4.69) is 14.8 Å². The Bertz CT molecular complexity index is 1200. The lowest BCUT2D eigenvalue weighted by Gasteiger charge is -2.11. The largest absolute Gasteiger partial charge is 0.465 e. The molecule has 0 atom stereocenters. The van der Waals surface area contributed by atoms with Crippen LogP contribution in [0.15, 0.2) is 77.7 Å². The Labute approximate surface area is 185 Å². The van der Waals surface area contributed by atoms with Crippen LogP contribution in [-0.4, -0.2) is 27.4 Å². The minimum Gasteiger partial charge on any atom is -0.465 e. The van der Waals surface area contributed by atoms with Crippen LogP contribution >= 0.6 is 11.6 Å². The van der Waals surface area contributed by atoms with Crippen LogP contribution in [0.2, 0.25) is 5.02 Å². The summed E-state index contributed by atoms with van der Waals surface area (Å²) in [7, 11) is -2.67. The molecule has 0 unspecified atom stereocenters. The van der Waals surface area contributed by atoms with E-state index in [9.17, 15) is 18.0 Å². The number of anilines is 1. The first-order valence-corrected chi connectivity index (χ1v) is 11.0. The minimum absolute atomic E-state index is 0.000424. The second-order valence-electron chi connectivity index (χ2n) is 6.48. The molecule has 3 aromatic carbocycles. The predicted octanol–water partition coefficient (Wildman–Crippen LogP) is 3.86. The highest BCUT2D eigenvalue weighted by molar-refractivity contribution is 7.89. The number of rotatable bonds is 7.